The number of nitrogens with one attached hydrogen (secondary N) is 2. The van der Waals surface area contributed by atoms with Gasteiger partial charge in [0.25, 0.3) is 0 Å². The van der Waals surface area contributed by atoms with E-state index in [0.717, 1.165) is 25.9 Å². The molecule has 10 nitrogen and oxygen atoms in total. The molecule has 1 fully saturated rings. The summed E-state index contributed by atoms with van der Waals surface area (Å²) >= 11 is 0. The third-order valence-electron chi connectivity index (χ3n) is 4.58. The largest absolute Gasteiger partial charge is 0.368 e. The highest BCUT2D eigenvalue weighted by atomic mass is 16.2. The van der Waals surface area contributed by atoms with Crippen molar-refractivity contribution in [2.75, 3.05) is 30.3 Å². The van der Waals surface area contributed by atoms with Crippen molar-refractivity contribution in [2.45, 2.75) is 32.7 Å². The van der Waals surface area contributed by atoms with Crippen molar-refractivity contribution in [2.24, 2.45) is 0 Å². The fourth-order valence-electron chi connectivity index (χ4n) is 3.16. The van der Waals surface area contributed by atoms with Crippen molar-refractivity contribution >= 4 is 34.8 Å². The van der Waals surface area contributed by atoms with Crippen molar-refractivity contribution in [1.82, 2.24) is 34.4 Å². The molecule has 3 aromatic heterocycles. The average Bonchev–Trinajstić information content (AvgIpc) is 3.31. The highest BCUT2D eigenvalue weighted by Gasteiger charge is 2.20. The molecule has 0 saturated carbocycles. The van der Waals surface area contributed by atoms with Crippen LogP contribution in [0.3, 0.4) is 0 Å². The molecule has 146 valence electrons. The minimum atomic E-state index is 0.216. The lowest BCUT2D eigenvalue weighted by atomic mass is 10.4. The van der Waals surface area contributed by atoms with E-state index in [4.69, 9.17) is 0 Å². The monoisotopic (exact) mass is 381 g/mol. The fraction of sp³-hybridized carbons (Fsp3) is 0.444. The first-order chi connectivity index (χ1) is 13.7. The molecular formula is C18H23N9O. The lowest BCUT2D eigenvalue weighted by molar-refractivity contribution is -0.127. The summed E-state index contributed by atoms with van der Waals surface area (Å²) in [5.74, 6) is 1.71. The number of hydrogen-bond donors (Lipinski definition) is 2. The molecule has 0 bridgehead atoms. The van der Waals surface area contributed by atoms with Crippen LogP contribution in [0.2, 0.25) is 0 Å². The number of rotatable bonds is 8. The molecule has 1 saturated heterocycles. The SMILES string of the molecule is CCCNc1nc(Nc2ncccn2)nc2c1ncn2CCN1CCCC1=O. The first kappa shape index (κ1) is 18.1. The van der Waals surface area contributed by atoms with Crippen molar-refractivity contribution in [3.05, 3.63) is 24.8 Å². The molecule has 10 heteroatoms. The zero-order chi connectivity index (χ0) is 19.3. The standard InChI is InChI=1S/C18H23N9O/c1-2-6-19-15-14-16(24-18(23-15)25-17-20-7-4-8-21-17)27(12-22-14)11-10-26-9-3-5-13(26)28/h4,7-8,12H,2-3,5-6,9-11H2,1H3,(H2,19,20,21,23,24,25). The Balaban J connectivity index is 1.62. The summed E-state index contributed by atoms with van der Waals surface area (Å²) < 4.78 is 1.96. The normalized spacial score (nSPS) is 14.0. The third-order valence-corrected chi connectivity index (χ3v) is 4.58. The van der Waals surface area contributed by atoms with Crippen LogP contribution in [-0.4, -0.2) is 59.9 Å². The Bertz CT molecular complexity index is 956. The maximum absolute atomic E-state index is 11.9. The van der Waals surface area contributed by atoms with Crippen molar-refractivity contribution < 1.29 is 4.79 Å². The number of imidazole rings is 1. The molecular weight excluding hydrogens is 358 g/mol. The van der Waals surface area contributed by atoms with Crippen molar-refractivity contribution in [3.8, 4) is 0 Å². The highest BCUT2D eigenvalue weighted by Crippen LogP contribution is 2.22. The van der Waals surface area contributed by atoms with Crippen LogP contribution in [0.15, 0.2) is 24.8 Å². The summed E-state index contributed by atoms with van der Waals surface area (Å²) in [5, 5.41) is 6.35. The van der Waals surface area contributed by atoms with E-state index in [-0.39, 0.29) is 5.91 Å². The minimum Gasteiger partial charge on any atom is -0.368 e. The van der Waals surface area contributed by atoms with Crippen LogP contribution in [0.25, 0.3) is 11.2 Å². The molecule has 0 unspecified atom stereocenters. The fourth-order valence-corrected chi connectivity index (χ4v) is 3.16. The van der Waals surface area contributed by atoms with Gasteiger partial charge in [0, 0.05) is 45.0 Å². The van der Waals surface area contributed by atoms with E-state index in [2.05, 4.69) is 42.5 Å². The van der Waals surface area contributed by atoms with Gasteiger partial charge in [-0.1, -0.05) is 6.92 Å². The zero-order valence-electron chi connectivity index (χ0n) is 15.8. The van der Waals surface area contributed by atoms with E-state index >= 15 is 0 Å². The molecule has 4 heterocycles. The third kappa shape index (κ3) is 3.85. The maximum Gasteiger partial charge on any atom is 0.233 e. The van der Waals surface area contributed by atoms with Gasteiger partial charge in [-0.05, 0) is 18.9 Å². The molecule has 0 aliphatic carbocycles. The number of aromatic nitrogens is 6. The molecule has 3 aromatic rings. The van der Waals surface area contributed by atoms with Crippen molar-refractivity contribution in [3.63, 3.8) is 0 Å². The summed E-state index contributed by atoms with van der Waals surface area (Å²) in [6, 6.07) is 1.75. The lowest BCUT2D eigenvalue weighted by Crippen LogP contribution is -2.28. The van der Waals surface area contributed by atoms with Crippen LogP contribution in [0.5, 0.6) is 0 Å². The summed E-state index contributed by atoms with van der Waals surface area (Å²) in [7, 11) is 0. The Labute approximate surface area is 162 Å². The van der Waals surface area contributed by atoms with Gasteiger partial charge in [0.2, 0.25) is 17.8 Å². The van der Waals surface area contributed by atoms with Gasteiger partial charge in [-0.15, -0.1) is 0 Å². The first-order valence-corrected chi connectivity index (χ1v) is 9.53. The van der Waals surface area contributed by atoms with Gasteiger partial charge in [0.05, 0.1) is 6.33 Å². The molecule has 1 aliphatic heterocycles. The van der Waals surface area contributed by atoms with Gasteiger partial charge in [-0.25, -0.2) is 15.0 Å². The van der Waals surface area contributed by atoms with E-state index in [0.29, 0.717) is 48.4 Å². The molecule has 2 N–H and O–H groups in total. The Morgan fingerprint density at radius 2 is 1.96 bits per heavy atom. The van der Waals surface area contributed by atoms with Crippen LogP contribution >= 0.6 is 0 Å². The average molecular weight is 381 g/mol. The van der Waals surface area contributed by atoms with Crippen LogP contribution in [0.4, 0.5) is 17.7 Å². The number of carbonyl (C=O) groups is 1. The second kappa shape index (κ2) is 8.15. The summed E-state index contributed by atoms with van der Waals surface area (Å²) in [6.45, 7) is 4.97. The van der Waals surface area contributed by atoms with Crippen LogP contribution < -0.4 is 10.6 Å². The van der Waals surface area contributed by atoms with E-state index < -0.39 is 0 Å². The predicted molar refractivity (Wildman–Crippen MR) is 105 cm³/mol. The number of likely N-dealkylation sites (tertiary alicyclic amines) is 1. The van der Waals surface area contributed by atoms with E-state index in [1.807, 2.05) is 9.47 Å². The molecule has 4 rings (SSSR count). The van der Waals surface area contributed by atoms with Gasteiger partial charge >= 0.3 is 0 Å². The summed E-state index contributed by atoms with van der Waals surface area (Å²) in [4.78, 5) is 35.7. The molecule has 28 heavy (non-hydrogen) atoms. The zero-order valence-corrected chi connectivity index (χ0v) is 15.8. The Kier molecular flexibility index (Phi) is 5.27. The smallest absolute Gasteiger partial charge is 0.233 e. The lowest BCUT2D eigenvalue weighted by Gasteiger charge is -2.16. The Morgan fingerprint density at radius 3 is 2.71 bits per heavy atom. The van der Waals surface area contributed by atoms with E-state index in [1.165, 1.54) is 0 Å². The quantitative estimate of drug-likeness (QED) is 0.607. The number of hydrogen-bond acceptors (Lipinski definition) is 8. The molecule has 0 spiro atoms. The molecule has 1 amide bonds. The van der Waals surface area contributed by atoms with Crippen LogP contribution in [-0.2, 0) is 11.3 Å². The van der Waals surface area contributed by atoms with Gasteiger partial charge in [0.1, 0.15) is 0 Å². The number of nitrogens with zero attached hydrogens (tertiary/aromatic N) is 7. The summed E-state index contributed by atoms with van der Waals surface area (Å²) in [5.41, 5.74) is 1.42. The Morgan fingerprint density at radius 1 is 1.11 bits per heavy atom. The first-order valence-electron chi connectivity index (χ1n) is 9.53. The molecule has 0 aromatic carbocycles. The number of carbonyl (C=O) groups excluding carboxylic acids is 1. The Hall–Kier alpha value is -3.30. The van der Waals surface area contributed by atoms with Gasteiger partial charge in [-0.3, -0.25) is 10.1 Å². The van der Waals surface area contributed by atoms with Gasteiger partial charge < -0.3 is 14.8 Å². The van der Waals surface area contributed by atoms with E-state index in [1.54, 1.807) is 24.8 Å². The summed E-state index contributed by atoms with van der Waals surface area (Å²) in [6.07, 6.45) is 7.60. The number of anilines is 3. The maximum atomic E-state index is 11.9. The predicted octanol–water partition coefficient (Wildman–Crippen LogP) is 1.80. The number of fused-ring (bicyclic) bond motifs is 1. The van der Waals surface area contributed by atoms with Gasteiger partial charge in [-0.2, -0.15) is 9.97 Å². The van der Waals surface area contributed by atoms with Gasteiger partial charge in [0.15, 0.2) is 17.0 Å². The molecule has 0 atom stereocenters. The second-order valence-corrected chi connectivity index (χ2v) is 6.61. The number of amides is 1. The minimum absolute atomic E-state index is 0.216. The van der Waals surface area contributed by atoms with Crippen molar-refractivity contribution in [1.29, 1.82) is 0 Å². The van der Waals surface area contributed by atoms with Crippen LogP contribution in [0, 0.1) is 0 Å². The molecule has 1 aliphatic rings. The van der Waals surface area contributed by atoms with Crippen LogP contribution in [0.1, 0.15) is 26.2 Å². The molecule has 0 radical (unpaired) electrons. The van der Waals surface area contributed by atoms with E-state index in [9.17, 15) is 4.79 Å². The second-order valence-electron chi connectivity index (χ2n) is 6.61. The topological polar surface area (TPSA) is 114 Å². The highest BCUT2D eigenvalue weighted by molar-refractivity contribution is 5.84.